The van der Waals surface area contributed by atoms with Gasteiger partial charge in [0.2, 0.25) is 17.2 Å². The van der Waals surface area contributed by atoms with Crippen molar-refractivity contribution in [2.24, 2.45) is 0 Å². The molecule has 0 fully saturated rings. The van der Waals surface area contributed by atoms with Crippen molar-refractivity contribution in [3.05, 3.63) is 142 Å². The van der Waals surface area contributed by atoms with Crippen LogP contribution in [-0.4, -0.2) is 121 Å². The van der Waals surface area contributed by atoms with Crippen LogP contribution >= 0.6 is 0 Å². The Morgan fingerprint density at radius 1 is 0.444 bits per heavy atom. The minimum absolute atomic E-state index is 0. The van der Waals surface area contributed by atoms with Crippen LogP contribution in [-0.2, 0) is 9.47 Å². The summed E-state index contributed by atoms with van der Waals surface area (Å²) in [5.74, 6) is -4.01. The number of carbonyl (C=O) groups is 6. The molecule has 27 heteroatoms. The van der Waals surface area contributed by atoms with Gasteiger partial charge in [0.05, 0.1) is 74.6 Å². The number of benzene rings is 6. The Morgan fingerprint density at radius 3 is 0.990 bits per heavy atom. The second kappa shape index (κ2) is 40.4. The molecule has 2 amide bonds. The fourth-order valence-electron chi connectivity index (χ4n) is 8.06. The number of carbonyl (C=O) groups excluding carboxylic acids is 4. The van der Waals surface area contributed by atoms with Gasteiger partial charge in [-0.15, -0.1) is 0 Å². The SMILES string of the molecule is C.CCOc1c(OC(C)C)cc(C(=O)Nc2ccc(C(=O)O)c(F)c2)cc1OC(C)(C)C.CCOc1c(OC(C)C)cc(C(=O)Nc2ccc(C(=O)OC)c(F)c2)cc1OC(C)(C)C.CCOc1c(OC(C)C)cc(C(=O)O)cc1OC(C)(C)C.COC(=O)c1ccc(N)cc1F.[Li+].[OH-]. The number of rotatable bonds is 23. The number of methoxy groups -OCH3 is 2. The van der Waals surface area contributed by atoms with Crippen LogP contribution in [0, 0.1) is 17.5 Å². The molecule has 0 saturated carbocycles. The number of ether oxygens (including phenoxy) is 11. The number of nitrogens with two attached hydrogens (primary N) is 1. The number of carboxylic acids is 2. The molecule has 0 heterocycles. The Bertz CT molecular complexity index is 3680. The van der Waals surface area contributed by atoms with Gasteiger partial charge in [-0.2, -0.15) is 0 Å². The normalized spacial score (nSPS) is 10.7. The molecular weight excluding hydrogens is 1290 g/mol. The standard InChI is InChI=1S/C24H30FNO6.C23H28FNO6.C16H24O5.C8H8FNO2.CH4.Li.H2O/c1-8-30-21-19(31-14(2)3)11-15(12-20(21)32-24(4,5)6)22(27)26-16-9-10-17(18(25)13-16)23(28)29-7;1-7-29-20-18(30-13(2)3)10-14(11-19(20)31-23(4,5)6)21(26)25-15-8-9-16(22(27)28)17(24)12-15;1-7-19-14-12(20-10(2)3)8-11(15(17)18)9-13(14)21-16(4,5)6;1-12-8(11)6-3-2-5(10)4-7(6)9;;;/h9-14H,8H2,1-7H3,(H,26,27);8-13H,7H2,1-6H3,(H,25,26)(H,27,28);8-10H,7H2,1-6H3,(H,17,18);2-4H,10H2,1H3;1H4;;1H2/q;;;;;+1;/p-1. The van der Waals surface area contributed by atoms with Gasteiger partial charge in [-0.1, -0.05) is 7.43 Å². The molecule has 23 nitrogen and oxygen atoms in total. The van der Waals surface area contributed by atoms with Crippen molar-refractivity contribution >= 4 is 52.8 Å². The van der Waals surface area contributed by atoms with E-state index < -0.39 is 75.5 Å². The van der Waals surface area contributed by atoms with E-state index in [2.05, 4.69) is 20.1 Å². The Morgan fingerprint density at radius 2 is 0.727 bits per heavy atom. The van der Waals surface area contributed by atoms with Crippen molar-refractivity contribution < 1.29 is 129 Å². The second-order valence-electron chi connectivity index (χ2n) is 24.5. The molecule has 540 valence electrons. The van der Waals surface area contributed by atoms with Crippen LogP contribution in [0.5, 0.6) is 51.7 Å². The molecule has 6 aromatic rings. The van der Waals surface area contributed by atoms with Crippen LogP contribution in [0.4, 0.5) is 30.2 Å². The Labute approximate surface area is 589 Å². The zero-order valence-electron chi connectivity index (χ0n) is 59.5. The molecule has 7 N–H and O–H groups in total. The molecule has 0 aliphatic carbocycles. The number of aromatic carboxylic acids is 2. The summed E-state index contributed by atoms with van der Waals surface area (Å²) in [6, 6.07) is 20.0. The van der Waals surface area contributed by atoms with Gasteiger partial charge in [-0.05, 0) is 216 Å². The number of carboxylic acid groups (broad SMARTS) is 2. The number of hydrogen-bond donors (Lipinski definition) is 5. The Hall–Kier alpha value is -9.51. The van der Waals surface area contributed by atoms with Gasteiger partial charge in [0.1, 0.15) is 34.3 Å². The average molecular weight is 1390 g/mol. The third-order valence-corrected chi connectivity index (χ3v) is 11.5. The summed E-state index contributed by atoms with van der Waals surface area (Å²) < 4.78 is 102. The minimum Gasteiger partial charge on any atom is -0.870 e. The van der Waals surface area contributed by atoms with Crippen molar-refractivity contribution in [3.8, 4) is 51.7 Å². The first-order valence-corrected chi connectivity index (χ1v) is 30.5. The number of halogens is 3. The van der Waals surface area contributed by atoms with Crippen LogP contribution in [0.2, 0.25) is 0 Å². The van der Waals surface area contributed by atoms with E-state index in [-0.39, 0.29) is 95.0 Å². The smallest absolute Gasteiger partial charge is 0.870 e. The average Bonchev–Trinajstić information content (AvgIpc) is 0.814. The van der Waals surface area contributed by atoms with Gasteiger partial charge in [0.15, 0.2) is 34.5 Å². The van der Waals surface area contributed by atoms with Crippen LogP contribution in [0.3, 0.4) is 0 Å². The van der Waals surface area contributed by atoms with E-state index in [1.165, 1.54) is 61.7 Å². The third-order valence-electron chi connectivity index (χ3n) is 11.5. The van der Waals surface area contributed by atoms with E-state index in [0.29, 0.717) is 71.6 Å². The maximum Gasteiger partial charge on any atom is 1.00 e. The number of nitrogens with one attached hydrogen (secondary N) is 2. The van der Waals surface area contributed by atoms with Crippen LogP contribution in [0.25, 0.3) is 0 Å². The van der Waals surface area contributed by atoms with E-state index in [4.69, 9.17) is 53.5 Å². The van der Waals surface area contributed by atoms with Gasteiger partial charge in [0.25, 0.3) is 11.8 Å². The van der Waals surface area contributed by atoms with Crippen molar-refractivity contribution in [1.82, 2.24) is 0 Å². The molecule has 0 aromatic heterocycles. The summed E-state index contributed by atoms with van der Waals surface area (Å²) in [6.45, 7) is 34.8. The topological polar surface area (TPSA) is 324 Å². The van der Waals surface area contributed by atoms with Crippen LogP contribution in [0.1, 0.15) is 194 Å². The summed E-state index contributed by atoms with van der Waals surface area (Å²) in [4.78, 5) is 70.5. The summed E-state index contributed by atoms with van der Waals surface area (Å²) >= 11 is 0. The minimum atomic E-state index is -1.39. The van der Waals surface area contributed by atoms with Crippen LogP contribution in [0.15, 0.2) is 91.0 Å². The van der Waals surface area contributed by atoms with E-state index >= 15 is 0 Å². The quantitative estimate of drug-likeness (QED) is 0.0226. The molecule has 0 unspecified atom stereocenters. The Kier molecular flexibility index (Phi) is 36.5. The van der Waals surface area contributed by atoms with Crippen molar-refractivity contribution in [1.29, 1.82) is 0 Å². The second-order valence-corrected chi connectivity index (χ2v) is 24.5. The van der Waals surface area contributed by atoms with Crippen LogP contribution < -0.4 is 77.9 Å². The van der Waals surface area contributed by atoms with E-state index in [1.54, 1.807) is 12.1 Å². The van der Waals surface area contributed by atoms with Gasteiger partial charge in [-0.25, -0.2) is 32.3 Å². The maximum absolute atomic E-state index is 14.2. The van der Waals surface area contributed by atoms with E-state index in [0.717, 1.165) is 31.4 Å². The fourth-order valence-corrected chi connectivity index (χ4v) is 8.06. The molecule has 6 aromatic carbocycles. The molecule has 0 bridgehead atoms. The summed E-state index contributed by atoms with van der Waals surface area (Å²) in [5.41, 5.74) is 4.01. The fraction of sp³-hybridized carbons (Fsp3) is 0.417. The number of anilines is 3. The Balaban J connectivity index is 0.00000134. The molecule has 0 spiro atoms. The molecule has 99 heavy (non-hydrogen) atoms. The number of hydrogen-bond acceptors (Lipinski definition) is 19. The molecule has 0 radical (unpaired) electrons. The first-order chi connectivity index (χ1) is 44.6. The number of esters is 2. The summed E-state index contributed by atoms with van der Waals surface area (Å²) in [7, 11) is 2.36. The first kappa shape index (κ1) is 89.5. The first-order valence-electron chi connectivity index (χ1n) is 30.5. The van der Waals surface area contributed by atoms with Gasteiger partial charge >= 0.3 is 42.7 Å². The van der Waals surface area contributed by atoms with Gasteiger partial charge < -0.3 is 84.2 Å². The molecule has 0 aliphatic rings. The summed E-state index contributed by atoms with van der Waals surface area (Å²) in [5, 5.41) is 23.4. The molecule has 0 aliphatic heterocycles. The third kappa shape index (κ3) is 29.6. The molecule has 0 saturated heterocycles. The number of nitrogen functional groups attached to an aromatic ring is 1. The van der Waals surface area contributed by atoms with E-state index in [1.807, 2.05) is 125 Å². The zero-order chi connectivity index (χ0) is 72.7. The molecule has 0 atom stereocenters. The molecule has 6 rings (SSSR count). The molecular formula is C72H95F3LiN3O20. The predicted octanol–water partition coefficient (Wildman–Crippen LogP) is 12.8. The number of amides is 2. The monoisotopic (exact) mass is 1390 g/mol. The predicted molar refractivity (Wildman–Crippen MR) is 366 cm³/mol. The van der Waals surface area contributed by atoms with Crippen molar-refractivity contribution in [2.75, 3.05) is 50.4 Å². The van der Waals surface area contributed by atoms with Gasteiger partial charge in [-0.3, -0.25) is 9.59 Å². The van der Waals surface area contributed by atoms with Gasteiger partial charge in [0, 0.05) is 28.2 Å². The summed E-state index contributed by atoms with van der Waals surface area (Å²) in [6.07, 6.45) is -0.455. The van der Waals surface area contributed by atoms with Crippen molar-refractivity contribution in [2.45, 2.75) is 167 Å². The maximum atomic E-state index is 14.2. The zero-order valence-corrected chi connectivity index (χ0v) is 59.5. The van der Waals surface area contributed by atoms with Crippen molar-refractivity contribution in [3.63, 3.8) is 0 Å². The largest absolute Gasteiger partial charge is 1.00 e. The van der Waals surface area contributed by atoms with E-state index in [9.17, 15) is 47.0 Å².